The first-order valence-electron chi connectivity index (χ1n) is 4.12. The van der Waals surface area contributed by atoms with Gasteiger partial charge in [0.1, 0.15) is 18.2 Å². The zero-order valence-electron chi connectivity index (χ0n) is 7.79. The minimum Gasteiger partial charge on any atom is -0.496 e. The lowest BCUT2D eigenvalue weighted by Crippen LogP contribution is -2.08. The molecule has 0 spiro atoms. The molecule has 0 saturated heterocycles. The first kappa shape index (κ1) is 10.7. The quantitative estimate of drug-likeness (QED) is 0.783. The van der Waals surface area contributed by atoms with Crippen LogP contribution in [0.1, 0.15) is 5.56 Å². The van der Waals surface area contributed by atoms with Gasteiger partial charge in [-0.2, -0.15) is 0 Å². The SMILES string of the molecule is COc1ccc(F)cc1CC(=O)CO. The number of aliphatic hydroxyl groups excluding tert-OH is 1. The van der Waals surface area contributed by atoms with E-state index in [0.717, 1.165) is 0 Å². The number of ether oxygens (including phenoxy) is 1. The molecule has 0 fully saturated rings. The molecule has 0 bridgehead atoms. The van der Waals surface area contributed by atoms with Crippen molar-refractivity contribution < 1.29 is 19.0 Å². The van der Waals surface area contributed by atoms with Crippen molar-refractivity contribution in [1.29, 1.82) is 0 Å². The second kappa shape index (κ2) is 4.72. The van der Waals surface area contributed by atoms with Gasteiger partial charge in [0, 0.05) is 12.0 Å². The third-order valence-corrected chi connectivity index (χ3v) is 1.81. The summed E-state index contributed by atoms with van der Waals surface area (Å²) in [6, 6.07) is 3.94. The smallest absolute Gasteiger partial charge is 0.162 e. The summed E-state index contributed by atoms with van der Waals surface area (Å²) in [6.07, 6.45) is -0.0164. The lowest BCUT2D eigenvalue weighted by atomic mass is 10.1. The number of rotatable bonds is 4. The molecule has 1 aromatic carbocycles. The Labute approximate surface area is 81.1 Å². The fourth-order valence-corrected chi connectivity index (χ4v) is 1.15. The van der Waals surface area contributed by atoms with Gasteiger partial charge in [0.05, 0.1) is 7.11 Å². The summed E-state index contributed by atoms with van der Waals surface area (Å²) in [5.74, 6) is -0.339. The molecule has 1 aromatic rings. The van der Waals surface area contributed by atoms with Gasteiger partial charge in [-0.1, -0.05) is 0 Å². The summed E-state index contributed by atoms with van der Waals surface area (Å²) in [5.41, 5.74) is 0.451. The van der Waals surface area contributed by atoms with Crippen molar-refractivity contribution in [2.45, 2.75) is 6.42 Å². The van der Waals surface area contributed by atoms with Gasteiger partial charge in [-0.05, 0) is 18.2 Å². The Morgan fingerprint density at radius 1 is 1.57 bits per heavy atom. The molecule has 0 aliphatic carbocycles. The standard InChI is InChI=1S/C10H11FO3/c1-14-10-3-2-8(11)4-7(10)5-9(13)6-12/h2-4,12H,5-6H2,1H3. The van der Waals surface area contributed by atoms with Crippen molar-refractivity contribution in [2.24, 2.45) is 0 Å². The number of methoxy groups -OCH3 is 1. The second-order valence-corrected chi connectivity index (χ2v) is 2.83. The molecule has 0 saturated carbocycles. The summed E-state index contributed by atoms with van der Waals surface area (Å²) in [6.45, 7) is -0.542. The van der Waals surface area contributed by atoms with Crippen LogP contribution in [0.4, 0.5) is 4.39 Å². The summed E-state index contributed by atoms with van der Waals surface area (Å²) in [7, 11) is 1.44. The fraction of sp³-hybridized carbons (Fsp3) is 0.300. The maximum Gasteiger partial charge on any atom is 0.162 e. The number of benzene rings is 1. The Bertz CT molecular complexity index is 336. The third kappa shape index (κ3) is 2.53. The predicted molar refractivity (Wildman–Crippen MR) is 48.7 cm³/mol. The van der Waals surface area contributed by atoms with Crippen molar-refractivity contribution in [2.75, 3.05) is 13.7 Å². The first-order valence-corrected chi connectivity index (χ1v) is 4.12. The van der Waals surface area contributed by atoms with Crippen LogP contribution in [0.5, 0.6) is 5.75 Å². The molecule has 0 aliphatic rings. The van der Waals surface area contributed by atoms with Crippen LogP contribution in [0.15, 0.2) is 18.2 Å². The first-order chi connectivity index (χ1) is 6.67. The van der Waals surface area contributed by atoms with Gasteiger partial charge in [-0.15, -0.1) is 0 Å². The van der Waals surface area contributed by atoms with E-state index >= 15 is 0 Å². The predicted octanol–water partition coefficient (Wildman–Crippen LogP) is 0.938. The number of aliphatic hydroxyl groups is 1. The number of halogens is 1. The van der Waals surface area contributed by atoms with Crippen molar-refractivity contribution >= 4 is 5.78 Å². The van der Waals surface area contributed by atoms with E-state index in [2.05, 4.69) is 0 Å². The molecule has 0 aliphatic heterocycles. The molecule has 1 N–H and O–H groups in total. The lowest BCUT2D eigenvalue weighted by molar-refractivity contribution is -0.121. The van der Waals surface area contributed by atoms with E-state index in [1.807, 2.05) is 0 Å². The van der Waals surface area contributed by atoms with Gasteiger partial charge in [-0.25, -0.2) is 4.39 Å². The average molecular weight is 198 g/mol. The number of ketones is 1. The van der Waals surface area contributed by atoms with Crippen LogP contribution >= 0.6 is 0 Å². The largest absolute Gasteiger partial charge is 0.496 e. The van der Waals surface area contributed by atoms with Gasteiger partial charge < -0.3 is 9.84 Å². The van der Waals surface area contributed by atoms with Gasteiger partial charge >= 0.3 is 0 Å². The number of carbonyl (C=O) groups excluding carboxylic acids is 1. The number of Topliss-reactive ketones (excluding diaryl/α,β-unsaturated/α-hetero) is 1. The summed E-state index contributed by atoms with van der Waals surface area (Å²) >= 11 is 0. The van der Waals surface area contributed by atoms with Crippen LogP contribution in [0.3, 0.4) is 0 Å². The number of hydrogen-bond acceptors (Lipinski definition) is 3. The molecule has 0 unspecified atom stereocenters. The normalized spacial score (nSPS) is 9.93. The highest BCUT2D eigenvalue weighted by molar-refractivity contribution is 5.82. The maximum absolute atomic E-state index is 12.8. The van der Waals surface area contributed by atoms with Crippen LogP contribution in [0.25, 0.3) is 0 Å². The van der Waals surface area contributed by atoms with E-state index in [9.17, 15) is 9.18 Å². The highest BCUT2D eigenvalue weighted by Crippen LogP contribution is 2.19. The molecule has 0 amide bonds. The van der Waals surface area contributed by atoms with E-state index in [1.165, 1.54) is 25.3 Å². The van der Waals surface area contributed by atoms with Crippen LogP contribution in [-0.4, -0.2) is 24.6 Å². The molecule has 0 atom stereocenters. The summed E-state index contributed by atoms with van der Waals surface area (Å²) in [4.78, 5) is 10.9. The average Bonchev–Trinajstić information content (AvgIpc) is 2.18. The van der Waals surface area contributed by atoms with Crippen molar-refractivity contribution in [3.05, 3.63) is 29.6 Å². The maximum atomic E-state index is 12.8. The summed E-state index contributed by atoms with van der Waals surface area (Å²) in [5, 5.41) is 8.54. The zero-order valence-corrected chi connectivity index (χ0v) is 7.79. The minimum absolute atomic E-state index is 0.0164. The number of carbonyl (C=O) groups is 1. The monoisotopic (exact) mass is 198 g/mol. The van der Waals surface area contributed by atoms with Crippen molar-refractivity contribution in [3.63, 3.8) is 0 Å². The second-order valence-electron chi connectivity index (χ2n) is 2.83. The van der Waals surface area contributed by atoms with Gasteiger partial charge in [0.25, 0.3) is 0 Å². The Morgan fingerprint density at radius 3 is 2.86 bits per heavy atom. The Balaban J connectivity index is 2.93. The molecule has 1 rings (SSSR count). The van der Waals surface area contributed by atoms with Crippen LogP contribution in [0.2, 0.25) is 0 Å². The van der Waals surface area contributed by atoms with E-state index in [-0.39, 0.29) is 12.2 Å². The molecule has 0 heterocycles. The van der Waals surface area contributed by atoms with Crippen molar-refractivity contribution in [3.8, 4) is 5.75 Å². The summed E-state index contributed by atoms with van der Waals surface area (Å²) < 4.78 is 17.8. The Hall–Kier alpha value is -1.42. The third-order valence-electron chi connectivity index (χ3n) is 1.81. The van der Waals surface area contributed by atoms with Crippen LogP contribution < -0.4 is 4.74 Å². The molecular formula is C10H11FO3. The molecule has 76 valence electrons. The number of hydrogen-bond donors (Lipinski definition) is 1. The van der Waals surface area contributed by atoms with Gasteiger partial charge in [0.2, 0.25) is 0 Å². The van der Waals surface area contributed by atoms with Crippen molar-refractivity contribution in [1.82, 2.24) is 0 Å². The highest BCUT2D eigenvalue weighted by atomic mass is 19.1. The highest BCUT2D eigenvalue weighted by Gasteiger charge is 2.08. The topological polar surface area (TPSA) is 46.5 Å². The van der Waals surface area contributed by atoms with E-state index in [1.54, 1.807) is 0 Å². The molecular weight excluding hydrogens is 187 g/mol. The molecule has 3 nitrogen and oxygen atoms in total. The van der Waals surface area contributed by atoms with E-state index in [0.29, 0.717) is 11.3 Å². The molecule has 0 aromatic heterocycles. The van der Waals surface area contributed by atoms with Gasteiger partial charge in [0.15, 0.2) is 5.78 Å². The Morgan fingerprint density at radius 2 is 2.29 bits per heavy atom. The molecule has 0 radical (unpaired) electrons. The van der Waals surface area contributed by atoms with Crippen LogP contribution in [-0.2, 0) is 11.2 Å². The lowest BCUT2D eigenvalue weighted by Gasteiger charge is -2.06. The molecule has 14 heavy (non-hydrogen) atoms. The van der Waals surface area contributed by atoms with E-state index < -0.39 is 12.4 Å². The van der Waals surface area contributed by atoms with Gasteiger partial charge in [-0.3, -0.25) is 4.79 Å². The Kier molecular flexibility index (Phi) is 3.59. The zero-order chi connectivity index (χ0) is 10.6. The van der Waals surface area contributed by atoms with Crippen LogP contribution in [0, 0.1) is 5.82 Å². The minimum atomic E-state index is -0.542. The fourth-order valence-electron chi connectivity index (χ4n) is 1.15. The van der Waals surface area contributed by atoms with E-state index in [4.69, 9.17) is 9.84 Å². The molecule has 4 heteroatoms.